The van der Waals surface area contributed by atoms with Gasteiger partial charge in [-0.2, -0.15) is 0 Å². The van der Waals surface area contributed by atoms with Crippen LogP contribution in [0.2, 0.25) is 0 Å². The zero-order valence-corrected chi connectivity index (χ0v) is 17.0. The first kappa shape index (κ1) is 19.7. The summed E-state index contributed by atoms with van der Waals surface area (Å²) in [5, 5.41) is 11.5. The van der Waals surface area contributed by atoms with Crippen molar-refractivity contribution in [3.63, 3.8) is 0 Å². The molecule has 2 heterocycles. The zero-order valence-electron chi connectivity index (χ0n) is 16.2. The van der Waals surface area contributed by atoms with Crippen LogP contribution >= 0.6 is 11.3 Å². The van der Waals surface area contributed by atoms with Crippen LogP contribution in [0.5, 0.6) is 0 Å². The summed E-state index contributed by atoms with van der Waals surface area (Å²) in [7, 11) is 0. The highest BCUT2D eigenvalue weighted by atomic mass is 32.1. The molecule has 150 valence electrons. The van der Waals surface area contributed by atoms with Crippen LogP contribution in [0.15, 0.2) is 67.0 Å². The number of anilines is 1. The minimum atomic E-state index is -0.455. The lowest BCUT2D eigenvalue weighted by atomic mass is 10.1. The van der Waals surface area contributed by atoms with Crippen LogP contribution in [0.4, 0.5) is 10.8 Å². The first-order valence-corrected chi connectivity index (χ1v) is 10.1. The summed E-state index contributed by atoms with van der Waals surface area (Å²) in [6.07, 6.45) is 3.53. The van der Waals surface area contributed by atoms with Crippen molar-refractivity contribution in [1.29, 1.82) is 0 Å². The summed E-state index contributed by atoms with van der Waals surface area (Å²) in [4.78, 5) is 34.2. The number of carbonyl (C=O) groups is 1. The van der Waals surface area contributed by atoms with Crippen LogP contribution in [0, 0.1) is 17.0 Å². The number of aryl methyl sites for hydroxylation is 1. The van der Waals surface area contributed by atoms with Crippen molar-refractivity contribution in [2.24, 2.45) is 0 Å². The molecule has 0 bridgehead atoms. The highest BCUT2D eigenvalue weighted by Gasteiger charge is 2.21. The number of amides is 1. The van der Waals surface area contributed by atoms with Crippen molar-refractivity contribution in [3.05, 3.63) is 93.8 Å². The molecule has 0 saturated carbocycles. The molecule has 0 N–H and O–H groups in total. The van der Waals surface area contributed by atoms with E-state index in [1.165, 1.54) is 23.5 Å². The molecule has 1 amide bonds. The number of hydrogen-bond donors (Lipinski definition) is 0. The Labute approximate surface area is 176 Å². The quantitative estimate of drug-likeness (QED) is 0.335. The Morgan fingerprint density at radius 3 is 2.57 bits per heavy atom. The largest absolute Gasteiger partial charge is 0.283 e. The fourth-order valence-corrected chi connectivity index (χ4v) is 4.19. The van der Waals surface area contributed by atoms with Crippen LogP contribution in [0.3, 0.4) is 0 Å². The zero-order chi connectivity index (χ0) is 21.1. The van der Waals surface area contributed by atoms with Gasteiger partial charge in [0.05, 0.1) is 28.1 Å². The molecule has 0 aliphatic carbocycles. The number of carbonyl (C=O) groups excluding carboxylic acids is 1. The van der Waals surface area contributed by atoms with Gasteiger partial charge in [-0.15, -0.1) is 0 Å². The van der Waals surface area contributed by atoms with E-state index >= 15 is 0 Å². The van der Waals surface area contributed by atoms with Crippen LogP contribution in [0.1, 0.15) is 16.7 Å². The predicted molar refractivity (Wildman–Crippen MR) is 117 cm³/mol. The summed E-state index contributed by atoms with van der Waals surface area (Å²) in [6.45, 7) is 2.34. The van der Waals surface area contributed by atoms with Gasteiger partial charge in [0.25, 0.3) is 5.69 Å². The second kappa shape index (κ2) is 8.38. The van der Waals surface area contributed by atoms with Crippen molar-refractivity contribution in [3.8, 4) is 0 Å². The first-order valence-electron chi connectivity index (χ1n) is 9.30. The number of benzene rings is 2. The van der Waals surface area contributed by atoms with Crippen molar-refractivity contribution in [2.45, 2.75) is 19.9 Å². The molecule has 8 heteroatoms. The maximum atomic E-state index is 13.2. The standard InChI is InChI=1S/C22H18N4O3S/c1-15-4-2-6-19-21(15)24-22(30-19)25(14-17-5-3-11-23-13-17)20(27)12-16-7-9-18(10-8-16)26(28)29/h2-11,13H,12,14H2,1H3. The molecule has 0 aliphatic heterocycles. The molecular formula is C22H18N4O3S. The SMILES string of the molecule is Cc1cccc2sc(N(Cc3cccnc3)C(=O)Cc3ccc([N+](=O)[O-])cc3)nc12. The van der Waals surface area contributed by atoms with Gasteiger partial charge in [-0.1, -0.05) is 41.7 Å². The Morgan fingerprint density at radius 2 is 1.90 bits per heavy atom. The van der Waals surface area contributed by atoms with E-state index in [1.807, 2.05) is 37.3 Å². The normalized spacial score (nSPS) is 10.8. The number of fused-ring (bicyclic) bond motifs is 1. The molecule has 0 radical (unpaired) electrons. The third kappa shape index (κ3) is 4.18. The number of non-ortho nitro benzene ring substituents is 1. The summed E-state index contributed by atoms with van der Waals surface area (Å²) >= 11 is 1.47. The van der Waals surface area contributed by atoms with Crippen molar-refractivity contribution >= 4 is 38.3 Å². The van der Waals surface area contributed by atoms with E-state index in [2.05, 4.69) is 4.98 Å². The maximum absolute atomic E-state index is 13.2. The number of aromatic nitrogens is 2. The fraction of sp³-hybridized carbons (Fsp3) is 0.136. The number of nitro benzene ring substituents is 1. The van der Waals surface area contributed by atoms with Crippen LogP contribution < -0.4 is 4.90 Å². The molecule has 0 saturated heterocycles. The third-order valence-electron chi connectivity index (χ3n) is 4.71. The number of para-hydroxylation sites is 1. The molecule has 0 fully saturated rings. The van der Waals surface area contributed by atoms with Crippen LogP contribution in [-0.4, -0.2) is 20.8 Å². The average Bonchev–Trinajstić information content (AvgIpc) is 3.18. The molecule has 30 heavy (non-hydrogen) atoms. The molecule has 0 unspecified atom stereocenters. The number of nitro groups is 1. The van der Waals surface area contributed by atoms with Gasteiger partial charge in [0.2, 0.25) is 5.91 Å². The minimum absolute atomic E-state index is 0.0000586. The number of thiazole rings is 1. The summed E-state index contributed by atoms with van der Waals surface area (Å²) in [6, 6.07) is 15.8. The molecule has 4 rings (SSSR count). The molecule has 4 aromatic rings. The Morgan fingerprint density at radius 1 is 1.10 bits per heavy atom. The third-order valence-corrected chi connectivity index (χ3v) is 5.75. The Balaban J connectivity index is 1.66. The number of hydrogen-bond acceptors (Lipinski definition) is 6. The van der Waals surface area contributed by atoms with Gasteiger partial charge in [0, 0.05) is 24.5 Å². The van der Waals surface area contributed by atoms with E-state index in [0.717, 1.165) is 21.3 Å². The lowest BCUT2D eigenvalue weighted by Crippen LogP contribution is -2.31. The van der Waals surface area contributed by atoms with Crippen molar-refractivity contribution in [1.82, 2.24) is 9.97 Å². The highest BCUT2D eigenvalue weighted by molar-refractivity contribution is 7.22. The summed E-state index contributed by atoms with van der Waals surface area (Å²) < 4.78 is 1.02. The minimum Gasteiger partial charge on any atom is -0.283 e. The topological polar surface area (TPSA) is 89.2 Å². The number of rotatable bonds is 6. The van der Waals surface area contributed by atoms with Crippen molar-refractivity contribution in [2.75, 3.05) is 4.90 Å². The lowest BCUT2D eigenvalue weighted by Gasteiger charge is -2.20. The van der Waals surface area contributed by atoms with Gasteiger partial charge in [0.15, 0.2) is 5.13 Å². The summed E-state index contributed by atoms with van der Waals surface area (Å²) in [5.41, 5.74) is 3.54. The first-order chi connectivity index (χ1) is 14.5. The van der Waals surface area contributed by atoms with Gasteiger partial charge < -0.3 is 0 Å². The van der Waals surface area contributed by atoms with Crippen LogP contribution in [-0.2, 0) is 17.8 Å². The Hall–Kier alpha value is -3.65. The molecule has 2 aromatic carbocycles. The number of nitrogens with zero attached hydrogens (tertiary/aromatic N) is 4. The van der Waals surface area contributed by atoms with Gasteiger partial charge in [-0.25, -0.2) is 4.98 Å². The van der Waals surface area contributed by atoms with E-state index in [-0.39, 0.29) is 18.0 Å². The smallest absolute Gasteiger partial charge is 0.269 e. The second-order valence-electron chi connectivity index (χ2n) is 6.86. The van der Waals surface area contributed by atoms with E-state index in [4.69, 9.17) is 4.98 Å². The molecule has 7 nitrogen and oxygen atoms in total. The van der Waals surface area contributed by atoms with E-state index in [9.17, 15) is 14.9 Å². The average molecular weight is 418 g/mol. The molecular weight excluding hydrogens is 400 g/mol. The predicted octanol–water partition coefficient (Wildman–Crippen LogP) is 4.68. The maximum Gasteiger partial charge on any atom is 0.269 e. The lowest BCUT2D eigenvalue weighted by molar-refractivity contribution is -0.384. The Kier molecular flexibility index (Phi) is 5.49. The van der Waals surface area contributed by atoms with Gasteiger partial charge >= 0.3 is 0 Å². The summed E-state index contributed by atoms with van der Waals surface area (Å²) in [5.74, 6) is -0.135. The van der Waals surface area contributed by atoms with E-state index < -0.39 is 4.92 Å². The Bertz CT molecular complexity index is 1210. The van der Waals surface area contributed by atoms with Gasteiger partial charge in [-0.05, 0) is 35.7 Å². The monoisotopic (exact) mass is 418 g/mol. The van der Waals surface area contributed by atoms with Crippen LogP contribution in [0.25, 0.3) is 10.2 Å². The molecule has 0 atom stereocenters. The van der Waals surface area contributed by atoms with Crippen molar-refractivity contribution < 1.29 is 9.72 Å². The molecule has 2 aromatic heterocycles. The number of pyridine rings is 1. The second-order valence-corrected chi connectivity index (χ2v) is 7.87. The van der Waals surface area contributed by atoms with Gasteiger partial charge in [0.1, 0.15) is 0 Å². The van der Waals surface area contributed by atoms with Gasteiger partial charge in [-0.3, -0.25) is 24.8 Å². The fourth-order valence-electron chi connectivity index (χ4n) is 3.13. The highest BCUT2D eigenvalue weighted by Crippen LogP contribution is 2.32. The molecule has 0 aliphatic rings. The van der Waals surface area contributed by atoms with E-state index in [1.54, 1.807) is 29.4 Å². The molecule has 0 spiro atoms. The van der Waals surface area contributed by atoms with E-state index in [0.29, 0.717) is 17.2 Å².